The van der Waals surface area contributed by atoms with Crippen LogP contribution in [0.5, 0.6) is 0 Å². The molecule has 3 aliphatic carbocycles. The van der Waals surface area contributed by atoms with Gasteiger partial charge in [0.1, 0.15) is 11.7 Å². The van der Waals surface area contributed by atoms with Gasteiger partial charge in [-0.1, -0.05) is 20.4 Å². The monoisotopic (exact) mass is 262 g/mol. The second-order valence-electron chi connectivity index (χ2n) is 6.81. The second-order valence-corrected chi connectivity index (χ2v) is 6.81. The van der Waals surface area contributed by atoms with Crippen LogP contribution in [-0.4, -0.2) is 33.5 Å². The molecule has 0 amide bonds. The second kappa shape index (κ2) is 3.07. The minimum atomic E-state index is -1.60. The minimum absolute atomic E-state index is 0.126. The van der Waals surface area contributed by atoms with E-state index in [0.717, 1.165) is 0 Å². The molecule has 1 saturated carbocycles. The van der Waals surface area contributed by atoms with Gasteiger partial charge in [0.15, 0.2) is 11.6 Å². The molecule has 4 nitrogen and oxygen atoms in total. The molecule has 3 atom stereocenters. The van der Waals surface area contributed by atoms with E-state index in [2.05, 4.69) is 6.58 Å². The number of aliphatic hydroxyl groups excluding tert-OH is 1. The van der Waals surface area contributed by atoms with E-state index >= 15 is 0 Å². The predicted octanol–water partition coefficient (Wildman–Crippen LogP) is 0.923. The lowest BCUT2D eigenvalue weighted by Crippen LogP contribution is -2.50. The van der Waals surface area contributed by atoms with Crippen molar-refractivity contribution >= 4 is 11.6 Å². The fraction of sp³-hybridized carbons (Fsp3) is 0.600. The van der Waals surface area contributed by atoms with E-state index in [-0.39, 0.29) is 18.0 Å². The van der Waals surface area contributed by atoms with E-state index < -0.39 is 22.5 Å². The summed E-state index contributed by atoms with van der Waals surface area (Å²) in [6.07, 6.45) is -0.988. The third kappa shape index (κ3) is 1.09. The van der Waals surface area contributed by atoms with Gasteiger partial charge in [0, 0.05) is 28.4 Å². The summed E-state index contributed by atoms with van der Waals surface area (Å²) in [4.78, 5) is 24.3. The van der Waals surface area contributed by atoms with Crippen LogP contribution in [0.1, 0.15) is 33.6 Å². The zero-order chi connectivity index (χ0) is 14.4. The molecular formula is C15H18O4. The molecule has 0 saturated heterocycles. The zero-order valence-corrected chi connectivity index (χ0v) is 11.4. The largest absolute Gasteiger partial charge is 0.385 e. The third-order valence-corrected chi connectivity index (χ3v) is 5.37. The highest BCUT2D eigenvalue weighted by Gasteiger charge is 2.71. The molecule has 2 N–H and O–H groups in total. The Hall–Kier alpha value is -1.26. The van der Waals surface area contributed by atoms with Gasteiger partial charge < -0.3 is 10.2 Å². The topological polar surface area (TPSA) is 74.6 Å². The van der Waals surface area contributed by atoms with Gasteiger partial charge in [0.25, 0.3) is 0 Å². The summed E-state index contributed by atoms with van der Waals surface area (Å²) in [5.74, 6) is -0.355. The number of aliphatic hydroxyl groups is 2. The van der Waals surface area contributed by atoms with Crippen molar-refractivity contribution in [1.82, 2.24) is 0 Å². The lowest BCUT2D eigenvalue weighted by Gasteiger charge is -2.39. The molecule has 0 aromatic carbocycles. The normalized spacial score (nSPS) is 44.1. The van der Waals surface area contributed by atoms with Crippen molar-refractivity contribution < 1.29 is 19.8 Å². The van der Waals surface area contributed by atoms with Crippen LogP contribution < -0.4 is 0 Å². The van der Waals surface area contributed by atoms with Crippen LogP contribution in [0.2, 0.25) is 0 Å². The van der Waals surface area contributed by atoms with Crippen molar-refractivity contribution in [3.05, 3.63) is 23.3 Å². The van der Waals surface area contributed by atoms with Crippen LogP contribution in [0.25, 0.3) is 0 Å². The predicted molar refractivity (Wildman–Crippen MR) is 68.3 cm³/mol. The van der Waals surface area contributed by atoms with Gasteiger partial charge >= 0.3 is 0 Å². The highest BCUT2D eigenvalue weighted by Crippen LogP contribution is 2.65. The van der Waals surface area contributed by atoms with Gasteiger partial charge in [-0.2, -0.15) is 0 Å². The number of rotatable bonds is 0. The summed E-state index contributed by atoms with van der Waals surface area (Å²) in [6.45, 7) is 9.16. The Balaban J connectivity index is 2.25. The van der Waals surface area contributed by atoms with Gasteiger partial charge in [-0.05, 0) is 18.9 Å². The molecule has 3 aliphatic rings. The maximum atomic E-state index is 12.4. The highest BCUT2D eigenvalue weighted by atomic mass is 16.3. The van der Waals surface area contributed by atoms with Crippen molar-refractivity contribution in [2.75, 3.05) is 0 Å². The van der Waals surface area contributed by atoms with Crippen LogP contribution >= 0.6 is 0 Å². The molecule has 0 aromatic rings. The number of hydrogen-bond donors (Lipinski definition) is 2. The van der Waals surface area contributed by atoms with Crippen LogP contribution in [0.15, 0.2) is 23.3 Å². The lowest BCUT2D eigenvalue weighted by atomic mass is 9.68. The molecule has 0 aromatic heterocycles. The first-order valence-corrected chi connectivity index (χ1v) is 6.49. The molecule has 102 valence electrons. The lowest BCUT2D eigenvalue weighted by molar-refractivity contribution is -0.131. The Morgan fingerprint density at radius 2 is 1.79 bits per heavy atom. The SMILES string of the molecule is C=C1C(=O)CC2(O)C(O)C3=C(CC(C)(C)C3=O)C12C. The Bertz CT molecular complexity index is 583. The molecule has 0 bridgehead atoms. The number of carbonyl (C=O) groups excluding carboxylic acids is 2. The molecular weight excluding hydrogens is 244 g/mol. The minimum Gasteiger partial charge on any atom is -0.385 e. The Morgan fingerprint density at radius 3 is 2.37 bits per heavy atom. The first-order valence-electron chi connectivity index (χ1n) is 6.49. The van der Waals surface area contributed by atoms with Gasteiger partial charge in [0.05, 0.1) is 0 Å². The average Bonchev–Trinajstić information content (AvgIpc) is 2.72. The Kier molecular flexibility index (Phi) is 2.06. The summed E-state index contributed by atoms with van der Waals surface area (Å²) >= 11 is 0. The maximum absolute atomic E-state index is 12.4. The van der Waals surface area contributed by atoms with Gasteiger partial charge in [-0.25, -0.2) is 0 Å². The molecule has 4 heteroatoms. The Morgan fingerprint density at radius 1 is 1.21 bits per heavy atom. The van der Waals surface area contributed by atoms with Gasteiger partial charge in [-0.15, -0.1) is 0 Å². The first-order chi connectivity index (χ1) is 8.57. The third-order valence-electron chi connectivity index (χ3n) is 5.37. The van der Waals surface area contributed by atoms with E-state index in [4.69, 9.17) is 0 Å². The number of ketones is 2. The molecule has 0 aliphatic heterocycles. The number of Topliss-reactive ketones (excluding diaryl/α,β-unsaturated/α-hetero) is 2. The van der Waals surface area contributed by atoms with Crippen LogP contribution in [0.4, 0.5) is 0 Å². The van der Waals surface area contributed by atoms with Crippen LogP contribution in [0.3, 0.4) is 0 Å². The maximum Gasteiger partial charge on any atom is 0.167 e. The Labute approximate surface area is 111 Å². The molecule has 0 spiro atoms. The molecule has 3 rings (SSSR count). The standard InChI is InChI=1S/C15H18O4/c1-7-9(16)6-15(19)12(18)10-8(14(7,15)4)5-13(2,3)11(10)17/h12,18-19H,1,5-6H2,2-4H3. The quantitative estimate of drug-likeness (QED) is 0.637. The molecule has 1 fully saturated rings. The van der Waals surface area contributed by atoms with Crippen molar-refractivity contribution in [2.24, 2.45) is 10.8 Å². The van der Waals surface area contributed by atoms with Crippen LogP contribution in [-0.2, 0) is 9.59 Å². The van der Waals surface area contributed by atoms with E-state index in [1.165, 1.54) is 0 Å². The summed E-state index contributed by atoms with van der Waals surface area (Å²) in [5.41, 5.74) is -1.86. The summed E-state index contributed by atoms with van der Waals surface area (Å²) < 4.78 is 0. The first kappa shape index (κ1) is 12.8. The van der Waals surface area contributed by atoms with Crippen molar-refractivity contribution in [1.29, 1.82) is 0 Å². The van der Waals surface area contributed by atoms with Crippen molar-refractivity contribution in [2.45, 2.75) is 45.3 Å². The number of carbonyl (C=O) groups is 2. The van der Waals surface area contributed by atoms with E-state index in [0.29, 0.717) is 23.1 Å². The zero-order valence-electron chi connectivity index (χ0n) is 11.4. The van der Waals surface area contributed by atoms with Crippen molar-refractivity contribution in [3.8, 4) is 0 Å². The van der Waals surface area contributed by atoms with Gasteiger partial charge in [-0.3, -0.25) is 9.59 Å². The van der Waals surface area contributed by atoms with Gasteiger partial charge in [0.2, 0.25) is 0 Å². The fourth-order valence-corrected chi connectivity index (χ4v) is 3.98. The summed E-state index contributed by atoms with van der Waals surface area (Å²) in [7, 11) is 0. The molecule has 0 heterocycles. The fourth-order valence-electron chi connectivity index (χ4n) is 3.98. The summed E-state index contributed by atoms with van der Waals surface area (Å²) in [5, 5.41) is 21.2. The average molecular weight is 262 g/mol. The smallest absolute Gasteiger partial charge is 0.167 e. The number of hydrogen-bond acceptors (Lipinski definition) is 4. The molecule has 3 unspecified atom stereocenters. The number of fused-ring (bicyclic) bond motifs is 2. The van der Waals surface area contributed by atoms with Crippen molar-refractivity contribution in [3.63, 3.8) is 0 Å². The summed E-state index contributed by atoms with van der Waals surface area (Å²) in [6, 6.07) is 0. The van der Waals surface area contributed by atoms with E-state index in [1.54, 1.807) is 6.92 Å². The van der Waals surface area contributed by atoms with Crippen LogP contribution in [0, 0.1) is 10.8 Å². The van der Waals surface area contributed by atoms with E-state index in [9.17, 15) is 19.8 Å². The highest BCUT2D eigenvalue weighted by molar-refractivity contribution is 6.09. The van der Waals surface area contributed by atoms with E-state index in [1.807, 2.05) is 13.8 Å². The molecule has 0 radical (unpaired) electrons. The molecule has 19 heavy (non-hydrogen) atoms.